The van der Waals surface area contributed by atoms with Gasteiger partial charge in [0.2, 0.25) is 10.0 Å². The minimum atomic E-state index is -3.72. The Labute approximate surface area is 191 Å². The lowest BCUT2D eigenvalue weighted by Crippen LogP contribution is -2.16. The molecule has 0 heterocycles. The van der Waals surface area contributed by atoms with Crippen molar-refractivity contribution in [3.05, 3.63) is 98.0 Å². The Bertz CT molecular complexity index is 1220. The van der Waals surface area contributed by atoms with Crippen LogP contribution in [0.15, 0.2) is 60.7 Å². The average molecular weight is 480 g/mol. The number of rotatable bonds is 6. The van der Waals surface area contributed by atoms with Crippen LogP contribution in [0, 0.1) is 18.3 Å². The van der Waals surface area contributed by atoms with Crippen molar-refractivity contribution in [3.63, 3.8) is 0 Å². The summed E-state index contributed by atoms with van der Waals surface area (Å²) in [6, 6.07) is 19.2. The van der Waals surface area contributed by atoms with Gasteiger partial charge in [-0.1, -0.05) is 71.2 Å². The maximum atomic E-state index is 12.6. The summed E-state index contributed by atoms with van der Waals surface area (Å²) in [5.74, 6) is -0.876. The SMILES string of the molecule is Cc1cc(C(C#N)c2ccc(Cl)cc2)c(Cl)cc1NS(=O)(=O)Cc1ccccc1Cl. The van der Waals surface area contributed by atoms with E-state index in [9.17, 15) is 13.7 Å². The maximum Gasteiger partial charge on any atom is 0.236 e. The number of nitrogens with one attached hydrogen (secondary N) is 1. The Hall–Kier alpha value is -2.23. The van der Waals surface area contributed by atoms with Crippen LogP contribution in [0.4, 0.5) is 5.69 Å². The van der Waals surface area contributed by atoms with E-state index in [0.717, 1.165) is 5.56 Å². The van der Waals surface area contributed by atoms with Crippen molar-refractivity contribution < 1.29 is 8.42 Å². The summed E-state index contributed by atoms with van der Waals surface area (Å²) in [4.78, 5) is 0. The number of benzene rings is 3. The minimum absolute atomic E-state index is 0.267. The molecule has 1 atom stereocenters. The first kappa shape index (κ1) is 22.5. The van der Waals surface area contributed by atoms with Crippen LogP contribution in [0.25, 0.3) is 0 Å². The van der Waals surface area contributed by atoms with Gasteiger partial charge >= 0.3 is 0 Å². The minimum Gasteiger partial charge on any atom is -0.283 e. The van der Waals surface area contributed by atoms with Crippen LogP contribution < -0.4 is 4.72 Å². The highest BCUT2D eigenvalue weighted by Gasteiger charge is 2.20. The molecule has 0 amide bonds. The molecule has 4 nitrogen and oxygen atoms in total. The number of hydrogen-bond donors (Lipinski definition) is 1. The second kappa shape index (κ2) is 9.28. The molecule has 30 heavy (non-hydrogen) atoms. The number of hydrogen-bond acceptors (Lipinski definition) is 3. The van der Waals surface area contributed by atoms with E-state index in [1.54, 1.807) is 61.5 Å². The van der Waals surface area contributed by atoms with Crippen LogP contribution in [-0.2, 0) is 15.8 Å². The number of nitrogens with zero attached hydrogens (tertiary/aromatic N) is 1. The molecule has 0 aliphatic carbocycles. The second-order valence-corrected chi connectivity index (χ2v) is 9.73. The zero-order valence-electron chi connectivity index (χ0n) is 15.9. The third kappa shape index (κ3) is 5.27. The largest absolute Gasteiger partial charge is 0.283 e. The van der Waals surface area contributed by atoms with E-state index in [4.69, 9.17) is 34.8 Å². The van der Waals surface area contributed by atoms with E-state index >= 15 is 0 Å². The molecular formula is C22H17Cl3N2O2S. The molecule has 0 bridgehead atoms. The molecule has 0 saturated carbocycles. The van der Waals surface area contributed by atoms with Crippen molar-refractivity contribution in [2.24, 2.45) is 0 Å². The maximum absolute atomic E-state index is 12.6. The standard InChI is InChI=1S/C22H17Cl3N2O2S/c1-14-10-18(19(12-26)15-6-8-17(23)9-7-15)21(25)11-22(14)27-30(28,29)13-16-4-2-3-5-20(16)24/h2-11,19,27H,13H2,1H3. The Kier molecular flexibility index (Phi) is 6.95. The highest BCUT2D eigenvalue weighted by atomic mass is 35.5. The average Bonchev–Trinajstić information content (AvgIpc) is 2.69. The van der Waals surface area contributed by atoms with Gasteiger partial charge in [0.05, 0.1) is 23.4 Å². The summed E-state index contributed by atoms with van der Waals surface area (Å²) < 4.78 is 27.8. The molecule has 3 rings (SSSR count). The van der Waals surface area contributed by atoms with Gasteiger partial charge in [-0.3, -0.25) is 4.72 Å². The molecule has 0 fully saturated rings. The van der Waals surface area contributed by atoms with Crippen LogP contribution in [-0.4, -0.2) is 8.42 Å². The first-order valence-corrected chi connectivity index (χ1v) is 11.7. The molecule has 8 heteroatoms. The Morgan fingerprint density at radius 2 is 1.67 bits per heavy atom. The van der Waals surface area contributed by atoms with Crippen molar-refractivity contribution in [3.8, 4) is 6.07 Å². The van der Waals surface area contributed by atoms with Gasteiger partial charge in [0.1, 0.15) is 0 Å². The molecule has 0 spiro atoms. The van der Waals surface area contributed by atoms with Crippen LogP contribution in [0.1, 0.15) is 28.2 Å². The quantitative estimate of drug-likeness (QED) is 0.435. The zero-order valence-corrected chi connectivity index (χ0v) is 18.9. The zero-order chi connectivity index (χ0) is 21.9. The fourth-order valence-electron chi connectivity index (χ4n) is 3.04. The van der Waals surface area contributed by atoms with Gasteiger partial charge in [-0.05, 0) is 53.4 Å². The van der Waals surface area contributed by atoms with Gasteiger partial charge in [-0.2, -0.15) is 5.26 Å². The highest BCUT2D eigenvalue weighted by Crippen LogP contribution is 2.35. The van der Waals surface area contributed by atoms with E-state index < -0.39 is 15.9 Å². The normalized spacial score (nSPS) is 12.2. The lowest BCUT2D eigenvalue weighted by Gasteiger charge is -2.17. The van der Waals surface area contributed by atoms with Crippen LogP contribution >= 0.6 is 34.8 Å². The van der Waals surface area contributed by atoms with Crippen molar-refractivity contribution in [1.29, 1.82) is 5.26 Å². The lowest BCUT2D eigenvalue weighted by atomic mass is 9.91. The predicted octanol–water partition coefficient (Wildman–Crippen LogP) is 6.55. The highest BCUT2D eigenvalue weighted by molar-refractivity contribution is 7.91. The van der Waals surface area contributed by atoms with Crippen molar-refractivity contribution in [2.75, 3.05) is 4.72 Å². The summed E-state index contributed by atoms with van der Waals surface area (Å²) in [5.41, 5.74) is 2.83. The fraction of sp³-hybridized carbons (Fsp3) is 0.136. The molecular weight excluding hydrogens is 463 g/mol. The van der Waals surface area contributed by atoms with Crippen molar-refractivity contribution in [2.45, 2.75) is 18.6 Å². The van der Waals surface area contributed by atoms with Crippen LogP contribution in [0.5, 0.6) is 0 Å². The third-order valence-corrected chi connectivity index (χ3v) is 6.73. The van der Waals surface area contributed by atoms with E-state index in [1.807, 2.05) is 0 Å². The number of anilines is 1. The molecule has 154 valence electrons. The summed E-state index contributed by atoms with van der Waals surface area (Å²) in [6.45, 7) is 1.75. The van der Waals surface area contributed by atoms with Gasteiger partial charge in [0.15, 0.2) is 0 Å². The molecule has 0 saturated heterocycles. The van der Waals surface area contributed by atoms with E-state index in [-0.39, 0.29) is 10.8 Å². The monoisotopic (exact) mass is 478 g/mol. The Morgan fingerprint density at radius 3 is 2.30 bits per heavy atom. The Balaban J connectivity index is 1.90. The summed E-state index contributed by atoms with van der Waals surface area (Å²) >= 11 is 18.4. The molecule has 3 aromatic rings. The second-order valence-electron chi connectivity index (χ2n) is 6.75. The van der Waals surface area contributed by atoms with Crippen LogP contribution in [0.3, 0.4) is 0 Å². The lowest BCUT2D eigenvalue weighted by molar-refractivity contribution is 0.600. The van der Waals surface area contributed by atoms with E-state index in [2.05, 4.69) is 10.8 Å². The van der Waals surface area contributed by atoms with Gasteiger partial charge in [0.25, 0.3) is 0 Å². The third-order valence-electron chi connectivity index (χ3n) is 4.56. The number of halogens is 3. The van der Waals surface area contributed by atoms with Crippen LogP contribution in [0.2, 0.25) is 15.1 Å². The fourth-order valence-corrected chi connectivity index (χ4v) is 5.01. The van der Waals surface area contributed by atoms with Gasteiger partial charge in [0, 0.05) is 15.1 Å². The topological polar surface area (TPSA) is 70.0 Å². The number of sulfonamides is 1. The molecule has 0 aromatic heterocycles. The summed E-state index contributed by atoms with van der Waals surface area (Å²) in [7, 11) is -3.72. The molecule has 0 aliphatic heterocycles. The van der Waals surface area contributed by atoms with Gasteiger partial charge in [-0.15, -0.1) is 0 Å². The van der Waals surface area contributed by atoms with Gasteiger partial charge in [-0.25, -0.2) is 8.42 Å². The van der Waals surface area contributed by atoms with Crippen molar-refractivity contribution >= 4 is 50.5 Å². The number of nitriles is 1. The van der Waals surface area contributed by atoms with E-state index in [1.165, 1.54) is 6.07 Å². The van der Waals surface area contributed by atoms with Crippen molar-refractivity contribution in [1.82, 2.24) is 0 Å². The molecule has 0 radical (unpaired) electrons. The molecule has 0 aliphatic rings. The predicted molar refractivity (Wildman–Crippen MR) is 123 cm³/mol. The summed E-state index contributed by atoms with van der Waals surface area (Å²) in [6.07, 6.45) is 0. The first-order valence-electron chi connectivity index (χ1n) is 8.89. The molecule has 1 N–H and O–H groups in total. The molecule has 3 aromatic carbocycles. The van der Waals surface area contributed by atoms with Gasteiger partial charge < -0.3 is 0 Å². The number of aryl methyl sites for hydroxylation is 1. The smallest absolute Gasteiger partial charge is 0.236 e. The first-order chi connectivity index (χ1) is 14.2. The Morgan fingerprint density at radius 1 is 1.00 bits per heavy atom. The molecule has 1 unspecified atom stereocenters. The summed E-state index contributed by atoms with van der Waals surface area (Å²) in [5, 5.41) is 10.9. The van der Waals surface area contributed by atoms with E-state index in [0.29, 0.717) is 32.4 Å².